The minimum Gasteiger partial charge on any atom is -0.355 e. The highest BCUT2D eigenvalue weighted by atomic mass is 32.2. The lowest BCUT2D eigenvalue weighted by Gasteiger charge is -2.22. The molecule has 2 N–H and O–H groups in total. The molecule has 114 valence electrons. The molecule has 0 rings (SSSR count). The van der Waals surface area contributed by atoms with Gasteiger partial charge in [0.15, 0.2) is 15.8 Å². The van der Waals surface area contributed by atoms with E-state index in [9.17, 15) is 8.42 Å². The third kappa shape index (κ3) is 6.27. The van der Waals surface area contributed by atoms with E-state index in [0.717, 1.165) is 0 Å². The summed E-state index contributed by atoms with van der Waals surface area (Å²) in [6, 6.07) is 0.283. The van der Waals surface area contributed by atoms with Gasteiger partial charge in [-0.05, 0) is 33.6 Å². The fraction of sp³-hybridized carbons (Fsp3) is 0.923. The van der Waals surface area contributed by atoms with E-state index in [2.05, 4.69) is 36.4 Å². The normalized spacial score (nSPS) is 15.5. The zero-order valence-electron chi connectivity index (χ0n) is 13.2. The van der Waals surface area contributed by atoms with Crippen LogP contribution in [0.1, 0.15) is 41.5 Å². The van der Waals surface area contributed by atoms with Crippen molar-refractivity contribution in [2.75, 3.05) is 19.3 Å². The molecule has 19 heavy (non-hydrogen) atoms. The van der Waals surface area contributed by atoms with Crippen molar-refractivity contribution in [1.82, 2.24) is 10.6 Å². The van der Waals surface area contributed by atoms with Crippen LogP contribution >= 0.6 is 0 Å². The van der Waals surface area contributed by atoms with Gasteiger partial charge in [-0.25, -0.2) is 8.42 Å². The lowest BCUT2D eigenvalue weighted by molar-refractivity contribution is 0.481. The third-order valence-electron chi connectivity index (χ3n) is 3.18. The van der Waals surface area contributed by atoms with E-state index in [1.165, 1.54) is 0 Å². The molecule has 5 nitrogen and oxygen atoms in total. The highest BCUT2D eigenvalue weighted by Gasteiger charge is 2.28. The number of hydrogen-bond donors (Lipinski definition) is 2. The van der Waals surface area contributed by atoms with Gasteiger partial charge >= 0.3 is 0 Å². The van der Waals surface area contributed by atoms with E-state index in [-0.39, 0.29) is 11.8 Å². The number of nitrogens with zero attached hydrogens (tertiary/aromatic N) is 1. The molecule has 0 radical (unpaired) electrons. The molecular formula is C13H29N3O2S. The molecule has 0 aromatic rings. The smallest absolute Gasteiger partial charge is 0.191 e. The number of rotatable bonds is 5. The van der Waals surface area contributed by atoms with E-state index < -0.39 is 14.6 Å². The fourth-order valence-electron chi connectivity index (χ4n) is 1.19. The van der Waals surface area contributed by atoms with Gasteiger partial charge in [-0.15, -0.1) is 0 Å². The van der Waals surface area contributed by atoms with Gasteiger partial charge in [0.1, 0.15) is 0 Å². The maximum absolute atomic E-state index is 12.0. The van der Waals surface area contributed by atoms with Crippen LogP contribution < -0.4 is 10.6 Å². The fourth-order valence-corrected chi connectivity index (χ4v) is 2.17. The molecule has 0 aromatic carbocycles. The van der Waals surface area contributed by atoms with E-state index in [4.69, 9.17) is 0 Å². The Labute approximate surface area is 118 Å². The standard InChI is InChI=1S/C13H29N3O2S/c1-10(2)11(3)16-12(14-7)15-8-9-19(17,18)13(4,5)6/h10-11H,8-9H2,1-7H3,(H2,14,15,16). The molecule has 0 aliphatic carbocycles. The second-order valence-electron chi connectivity index (χ2n) is 6.11. The molecule has 0 aliphatic rings. The Hall–Kier alpha value is -0.780. The maximum Gasteiger partial charge on any atom is 0.191 e. The van der Waals surface area contributed by atoms with E-state index in [0.29, 0.717) is 18.4 Å². The Morgan fingerprint density at radius 1 is 1.21 bits per heavy atom. The van der Waals surface area contributed by atoms with Crippen LogP contribution in [0, 0.1) is 5.92 Å². The number of nitrogens with one attached hydrogen (secondary N) is 2. The molecule has 0 amide bonds. The van der Waals surface area contributed by atoms with Gasteiger partial charge in [0.05, 0.1) is 10.5 Å². The Morgan fingerprint density at radius 3 is 2.11 bits per heavy atom. The summed E-state index contributed by atoms with van der Waals surface area (Å²) < 4.78 is 23.2. The molecule has 0 aromatic heterocycles. The van der Waals surface area contributed by atoms with Crippen molar-refractivity contribution in [2.24, 2.45) is 10.9 Å². The summed E-state index contributed by atoms with van der Waals surface area (Å²) in [5.41, 5.74) is 0. The lowest BCUT2D eigenvalue weighted by Crippen LogP contribution is -2.46. The average molecular weight is 291 g/mol. The van der Waals surface area contributed by atoms with Crippen molar-refractivity contribution < 1.29 is 8.42 Å². The van der Waals surface area contributed by atoms with E-state index >= 15 is 0 Å². The van der Waals surface area contributed by atoms with Crippen molar-refractivity contribution in [2.45, 2.75) is 52.3 Å². The second kappa shape index (κ2) is 7.12. The lowest BCUT2D eigenvalue weighted by atomic mass is 10.1. The molecule has 0 heterocycles. The molecule has 0 aliphatic heterocycles. The van der Waals surface area contributed by atoms with Gasteiger partial charge in [0, 0.05) is 19.6 Å². The Bertz CT molecular complexity index is 395. The van der Waals surface area contributed by atoms with Crippen molar-refractivity contribution in [3.8, 4) is 0 Å². The number of guanidine groups is 1. The van der Waals surface area contributed by atoms with Crippen LogP contribution in [0.3, 0.4) is 0 Å². The first-order valence-corrected chi connectivity index (χ1v) is 8.36. The van der Waals surface area contributed by atoms with Crippen molar-refractivity contribution in [1.29, 1.82) is 0 Å². The predicted molar refractivity (Wildman–Crippen MR) is 82.3 cm³/mol. The quantitative estimate of drug-likeness (QED) is 0.593. The van der Waals surface area contributed by atoms with Gasteiger partial charge in [-0.3, -0.25) is 4.99 Å². The molecule has 0 bridgehead atoms. The van der Waals surface area contributed by atoms with Crippen LogP contribution in [0.2, 0.25) is 0 Å². The summed E-state index contributed by atoms with van der Waals surface area (Å²) in [5.74, 6) is 1.23. The number of sulfone groups is 1. The van der Waals surface area contributed by atoms with Gasteiger partial charge < -0.3 is 10.6 Å². The summed E-state index contributed by atoms with van der Waals surface area (Å²) in [5, 5.41) is 6.28. The van der Waals surface area contributed by atoms with Crippen LogP contribution in [0.25, 0.3) is 0 Å². The first kappa shape index (κ1) is 18.2. The van der Waals surface area contributed by atoms with Gasteiger partial charge in [-0.1, -0.05) is 13.8 Å². The largest absolute Gasteiger partial charge is 0.355 e. The highest BCUT2D eigenvalue weighted by Crippen LogP contribution is 2.15. The second-order valence-corrected chi connectivity index (χ2v) is 8.97. The van der Waals surface area contributed by atoms with E-state index in [1.54, 1.807) is 27.8 Å². The maximum atomic E-state index is 12.0. The SMILES string of the molecule is CN=C(NCCS(=O)(=O)C(C)(C)C)NC(C)C(C)C. The molecule has 1 unspecified atom stereocenters. The van der Waals surface area contributed by atoms with Crippen LogP contribution in [-0.2, 0) is 9.84 Å². The molecule has 6 heteroatoms. The average Bonchev–Trinajstić information content (AvgIpc) is 2.25. The Balaban J connectivity index is 4.34. The summed E-state index contributed by atoms with van der Waals surface area (Å²) in [7, 11) is -1.41. The molecule has 0 spiro atoms. The monoisotopic (exact) mass is 291 g/mol. The van der Waals surface area contributed by atoms with Crippen molar-refractivity contribution >= 4 is 15.8 Å². The topological polar surface area (TPSA) is 70.6 Å². The molecular weight excluding hydrogens is 262 g/mol. The highest BCUT2D eigenvalue weighted by molar-refractivity contribution is 7.92. The summed E-state index contributed by atoms with van der Waals surface area (Å²) in [6.07, 6.45) is 0. The molecule has 0 saturated carbocycles. The zero-order chi connectivity index (χ0) is 15.3. The third-order valence-corrected chi connectivity index (χ3v) is 5.79. The predicted octanol–water partition coefficient (Wildman–Crippen LogP) is 1.41. The Morgan fingerprint density at radius 2 is 1.74 bits per heavy atom. The minimum absolute atomic E-state index is 0.104. The van der Waals surface area contributed by atoms with Crippen LogP contribution in [0.4, 0.5) is 0 Å². The summed E-state index contributed by atoms with van der Waals surface area (Å²) in [6.45, 7) is 11.8. The molecule has 1 atom stereocenters. The Kier molecular flexibility index (Phi) is 6.83. The van der Waals surface area contributed by atoms with Crippen LogP contribution in [-0.4, -0.2) is 44.5 Å². The van der Waals surface area contributed by atoms with Crippen LogP contribution in [0.5, 0.6) is 0 Å². The zero-order valence-corrected chi connectivity index (χ0v) is 14.1. The number of hydrogen-bond acceptors (Lipinski definition) is 3. The molecule has 0 fully saturated rings. The van der Waals surface area contributed by atoms with Crippen molar-refractivity contribution in [3.63, 3.8) is 0 Å². The summed E-state index contributed by atoms with van der Waals surface area (Å²) >= 11 is 0. The summed E-state index contributed by atoms with van der Waals surface area (Å²) in [4.78, 5) is 4.09. The van der Waals surface area contributed by atoms with Gasteiger partial charge in [0.2, 0.25) is 0 Å². The first-order chi connectivity index (χ1) is 8.51. The van der Waals surface area contributed by atoms with Gasteiger partial charge in [-0.2, -0.15) is 0 Å². The van der Waals surface area contributed by atoms with E-state index in [1.807, 2.05) is 0 Å². The molecule has 0 saturated heterocycles. The minimum atomic E-state index is -3.09. The first-order valence-electron chi connectivity index (χ1n) is 6.70. The van der Waals surface area contributed by atoms with Crippen LogP contribution in [0.15, 0.2) is 4.99 Å². The number of aliphatic imine (C=N–C) groups is 1. The van der Waals surface area contributed by atoms with Crippen molar-refractivity contribution in [3.05, 3.63) is 0 Å². The van der Waals surface area contributed by atoms with Gasteiger partial charge in [0.25, 0.3) is 0 Å².